The largest absolute Gasteiger partial charge is 0.389 e. The second-order valence-corrected chi connectivity index (χ2v) is 7.62. The number of nitrogens with zero attached hydrogens (tertiary/aromatic N) is 1. The summed E-state index contributed by atoms with van der Waals surface area (Å²) in [6.45, 7) is 3.99. The molecule has 1 aromatic carbocycles. The molecule has 0 bridgehead atoms. The molecule has 0 spiro atoms. The maximum Gasteiger partial charge on any atom is 0.325 e. The highest BCUT2D eigenvalue weighted by Crippen LogP contribution is 2.29. The van der Waals surface area contributed by atoms with E-state index in [1.54, 1.807) is 18.3 Å². The number of carbonyl (C=O) groups is 2. The predicted octanol–water partition coefficient (Wildman–Crippen LogP) is 2.40. The Hall–Kier alpha value is -2.22. The van der Waals surface area contributed by atoms with Crippen LogP contribution in [0.2, 0.25) is 0 Å². The number of thiophene rings is 1. The van der Waals surface area contributed by atoms with Gasteiger partial charge < -0.3 is 15.2 Å². The minimum absolute atomic E-state index is 0.0518. The smallest absolute Gasteiger partial charge is 0.325 e. The standard InChI is InChI=1S/C19H22N2O4S/c1-13-5-7-14(8-6-13)19(2)17(23)21(18(24)20-19)10-15(22)11-25-12-16-4-3-9-26-16/h3-9,15,22H,10-12H2,1-2H3,(H,20,24)/t15-,19+/m1/s1. The van der Waals surface area contributed by atoms with E-state index in [0.717, 1.165) is 15.3 Å². The van der Waals surface area contributed by atoms with Gasteiger partial charge in [-0.2, -0.15) is 0 Å². The zero-order valence-corrected chi connectivity index (χ0v) is 15.6. The number of aliphatic hydroxyl groups is 1. The van der Waals surface area contributed by atoms with Crippen molar-refractivity contribution in [1.82, 2.24) is 10.2 Å². The molecule has 2 aromatic rings. The average Bonchev–Trinajstić information content (AvgIpc) is 3.19. The molecule has 3 rings (SSSR count). The molecule has 3 amide bonds. The molecule has 138 valence electrons. The third-order valence-corrected chi connectivity index (χ3v) is 5.28. The van der Waals surface area contributed by atoms with Crippen LogP contribution in [0.3, 0.4) is 0 Å². The van der Waals surface area contributed by atoms with Crippen molar-refractivity contribution < 1.29 is 19.4 Å². The minimum atomic E-state index is -1.12. The van der Waals surface area contributed by atoms with Crippen LogP contribution in [0.4, 0.5) is 4.79 Å². The number of nitrogens with one attached hydrogen (secondary N) is 1. The number of aryl methyl sites for hydroxylation is 1. The molecule has 1 aliphatic heterocycles. The van der Waals surface area contributed by atoms with E-state index in [1.807, 2.05) is 48.7 Å². The van der Waals surface area contributed by atoms with Gasteiger partial charge in [0.2, 0.25) is 0 Å². The molecule has 1 saturated heterocycles. The SMILES string of the molecule is Cc1ccc([C@]2(C)NC(=O)N(C[C@@H](O)COCc3cccs3)C2=O)cc1. The van der Waals surface area contributed by atoms with Crippen LogP contribution in [0.1, 0.15) is 22.9 Å². The van der Waals surface area contributed by atoms with Crippen molar-refractivity contribution in [3.63, 3.8) is 0 Å². The van der Waals surface area contributed by atoms with Gasteiger partial charge >= 0.3 is 6.03 Å². The van der Waals surface area contributed by atoms with Crippen LogP contribution in [0, 0.1) is 6.92 Å². The molecule has 1 fully saturated rings. The maximum absolute atomic E-state index is 12.8. The Morgan fingerprint density at radius 1 is 1.27 bits per heavy atom. The maximum atomic E-state index is 12.8. The normalized spacial score (nSPS) is 21.1. The Morgan fingerprint density at radius 3 is 2.65 bits per heavy atom. The lowest BCUT2D eigenvalue weighted by Gasteiger charge is -2.23. The molecular formula is C19H22N2O4S. The molecule has 0 saturated carbocycles. The highest BCUT2D eigenvalue weighted by Gasteiger charge is 2.49. The van der Waals surface area contributed by atoms with E-state index in [4.69, 9.17) is 4.74 Å². The molecular weight excluding hydrogens is 352 g/mol. The van der Waals surface area contributed by atoms with Crippen LogP contribution >= 0.6 is 11.3 Å². The lowest BCUT2D eigenvalue weighted by molar-refractivity contribution is -0.132. The Balaban J connectivity index is 1.60. The van der Waals surface area contributed by atoms with Crippen LogP contribution in [0.25, 0.3) is 0 Å². The monoisotopic (exact) mass is 374 g/mol. The summed E-state index contributed by atoms with van der Waals surface area (Å²) in [7, 11) is 0. The van der Waals surface area contributed by atoms with Gasteiger partial charge in [0.25, 0.3) is 5.91 Å². The second-order valence-electron chi connectivity index (χ2n) is 6.59. The first-order chi connectivity index (χ1) is 12.4. The number of benzene rings is 1. The topological polar surface area (TPSA) is 78.9 Å². The van der Waals surface area contributed by atoms with Gasteiger partial charge in [0.1, 0.15) is 5.54 Å². The fraction of sp³-hybridized carbons (Fsp3) is 0.368. The first kappa shape index (κ1) is 18.6. The van der Waals surface area contributed by atoms with Crippen molar-refractivity contribution in [2.75, 3.05) is 13.2 Å². The third-order valence-electron chi connectivity index (χ3n) is 4.43. The number of urea groups is 1. The molecule has 26 heavy (non-hydrogen) atoms. The summed E-state index contributed by atoms with van der Waals surface area (Å²) in [6.07, 6.45) is -0.940. The number of amides is 3. The van der Waals surface area contributed by atoms with Gasteiger partial charge in [0.05, 0.1) is 25.9 Å². The number of rotatable bonds is 7. The number of β-amino-alcohol motifs (C(OH)–C–C–N with tert-alkyl or cyclic N) is 1. The third kappa shape index (κ3) is 3.80. The molecule has 0 unspecified atom stereocenters. The van der Waals surface area contributed by atoms with Gasteiger partial charge in [-0.1, -0.05) is 35.9 Å². The highest BCUT2D eigenvalue weighted by molar-refractivity contribution is 7.09. The number of hydrogen-bond donors (Lipinski definition) is 2. The van der Waals surface area contributed by atoms with E-state index >= 15 is 0 Å². The quantitative estimate of drug-likeness (QED) is 0.730. The van der Waals surface area contributed by atoms with Crippen LogP contribution < -0.4 is 5.32 Å². The van der Waals surface area contributed by atoms with Crippen molar-refractivity contribution in [1.29, 1.82) is 0 Å². The molecule has 2 N–H and O–H groups in total. The molecule has 1 aromatic heterocycles. The summed E-state index contributed by atoms with van der Waals surface area (Å²) in [5.41, 5.74) is 0.666. The first-order valence-corrected chi connectivity index (χ1v) is 9.27. The molecule has 6 nitrogen and oxygen atoms in total. The van der Waals surface area contributed by atoms with E-state index in [2.05, 4.69) is 5.32 Å². The summed E-state index contributed by atoms with van der Waals surface area (Å²) in [5.74, 6) is -0.372. The summed E-state index contributed by atoms with van der Waals surface area (Å²) in [5, 5.41) is 14.8. The van der Waals surface area contributed by atoms with E-state index in [-0.39, 0.29) is 19.1 Å². The van der Waals surface area contributed by atoms with Gasteiger partial charge in [-0.15, -0.1) is 11.3 Å². The lowest BCUT2D eigenvalue weighted by Crippen LogP contribution is -2.42. The van der Waals surface area contributed by atoms with Crippen molar-refractivity contribution in [2.45, 2.75) is 32.1 Å². The molecule has 0 aliphatic carbocycles. The number of carbonyl (C=O) groups excluding carboxylic acids is 2. The van der Waals surface area contributed by atoms with Gasteiger partial charge in [0.15, 0.2) is 0 Å². The van der Waals surface area contributed by atoms with E-state index in [0.29, 0.717) is 12.2 Å². The Morgan fingerprint density at radius 2 is 2.00 bits per heavy atom. The fourth-order valence-corrected chi connectivity index (χ4v) is 3.54. The Kier molecular flexibility index (Phi) is 5.41. The van der Waals surface area contributed by atoms with Crippen molar-refractivity contribution in [3.8, 4) is 0 Å². The summed E-state index contributed by atoms with van der Waals surface area (Å²) >= 11 is 1.57. The van der Waals surface area contributed by atoms with Crippen molar-refractivity contribution in [2.24, 2.45) is 0 Å². The van der Waals surface area contributed by atoms with Crippen molar-refractivity contribution in [3.05, 3.63) is 57.8 Å². The van der Waals surface area contributed by atoms with Crippen molar-refractivity contribution >= 4 is 23.3 Å². The van der Waals surface area contributed by atoms with Gasteiger partial charge in [-0.05, 0) is 30.9 Å². The number of ether oxygens (including phenoxy) is 1. The fourth-order valence-electron chi connectivity index (χ4n) is 2.90. The summed E-state index contributed by atoms with van der Waals surface area (Å²) in [6, 6.07) is 10.8. The summed E-state index contributed by atoms with van der Waals surface area (Å²) < 4.78 is 5.46. The van der Waals surface area contributed by atoms with E-state index in [1.165, 1.54) is 0 Å². The Labute approximate surface area is 156 Å². The minimum Gasteiger partial charge on any atom is -0.389 e. The molecule has 1 aliphatic rings. The van der Waals surface area contributed by atoms with Crippen LogP contribution in [0.5, 0.6) is 0 Å². The first-order valence-electron chi connectivity index (χ1n) is 8.39. The lowest BCUT2D eigenvalue weighted by atomic mass is 9.91. The number of imide groups is 1. The zero-order chi connectivity index (χ0) is 18.7. The average molecular weight is 374 g/mol. The molecule has 0 radical (unpaired) electrons. The molecule has 7 heteroatoms. The van der Waals surface area contributed by atoms with Crippen LogP contribution in [-0.4, -0.2) is 41.2 Å². The second kappa shape index (κ2) is 7.57. The van der Waals surface area contributed by atoms with Gasteiger partial charge in [-0.3, -0.25) is 9.69 Å². The number of hydrogen-bond acceptors (Lipinski definition) is 5. The predicted molar refractivity (Wildman–Crippen MR) is 98.8 cm³/mol. The van der Waals surface area contributed by atoms with E-state index < -0.39 is 17.7 Å². The Bertz CT molecular complexity index is 775. The molecule has 2 heterocycles. The van der Waals surface area contributed by atoms with Gasteiger partial charge in [0, 0.05) is 4.88 Å². The van der Waals surface area contributed by atoms with Crippen LogP contribution in [0.15, 0.2) is 41.8 Å². The summed E-state index contributed by atoms with van der Waals surface area (Å²) in [4.78, 5) is 27.2. The van der Waals surface area contributed by atoms with E-state index in [9.17, 15) is 14.7 Å². The van der Waals surface area contributed by atoms with Gasteiger partial charge in [-0.25, -0.2) is 4.79 Å². The molecule has 2 atom stereocenters. The number of aliphatic hydroxyl groups excluding tert-OH is 1. The van der Waals surface area contributed by atoms with Crippen LogP contribution in [-0.2, 0) is 21.7 Å². The highest BCUT2D eigenvalue weighted by atomic mass is 32.1. The zero-order valence-electron chi connectivity index (χ0n) is 14.8.